The first kappa shape index (κ1) is 14.2. The first-order chi connectivity index (χ1) is 7.99. The average Bonchev–Trinajstić information content (AvgIpc) is 2.28. The van der Waals surface area contributed by atoms with E-state index in [9.17, 15) is 0 Å². The van der Waals surface area contributed by atoms with E-state index >= 15 is 0 Å². The third-order valence-electron chi connectivity index (χ3n) is 3.49. The predicted octanol–water partition coefficient (Wildman–Crippen LogP) is 3.91. The first-order valence-electron chi connectivity index (χ1n) is 6.82. The molecule has 1 rings (SSSR count). The normalized spacial score (nSPS) is 13.7. The van der Waals surface area contributed by atoms with Gasteiger partial charge in [0.1, 0.15) is 0 Å². The van der Waals surface area contributed by atoms with Crippen molar-refractivity contribution in [1.29, 1.82) is 0 Å². The Balaban J connectivity index is 2.80. The molecule has 0 aliphatic heterocycles. The van der Waals surface area contributed by atoms with E-state index in [1.165, 1.54) is 17.5 Å². The quantitative estimate of drug-likeness (QED) is 0.785. The second-order valence-corrected chi connectivity index (χ2v) is 5.60. The van der Waals surface area contributed by atoms with Gasteiger partial charge in [-0.15, -0.1) is 0 Å². The standard InChI is InChI=1S/C16H27N/c1-6-14-9-8-10-15(11-14)16(4,5)12-13(3)17-7-2/h8-11,13,17H,6-7,12H2,1-5H3. The van der Waals surface area contributed by atoms with Crippen molar-refractivity contribution in [2.75, 3.05) is 6.54 Å². The highest BCUT2D eigenvalue weighted by Gasteiger charge is 2.23. The summed E-state index contributed by atoms with van der Waals surface area (Å²) in [6, 6.07) is 9.60. The molecule has 0 fully saturated rings. The van der Waals surface area contributed by atoms with Gasteiger partial charge in [-0.2, -0.15) is 0 Å². The molecule has 0 amide bonds. The number of rotatable bonds is 6. The van der Waals surface area contributed by atoms with Gasteiger partial charge >= 0.3 is 0 Å². The van der Waals surface area contributed by atoms with Crippen LogP contribution in [0.15, 0.2) is 24.3 Å². The Morgan fingerprint density at radius 3 is 2.53 bits per heavy atom. The van der Waals surface area contributed by atoms with Crippen LogP contribution in [-0.2, 0) is 11.8 Å². The number of hydrogen-bond acceptors (Lipinski definition) is 1. The Bertz CT molecular complexity index is 341. The molecule has 0 saturated carbocycles. The van der Waals surface area contributed by atoms with E-state index in [1.807, 2.05) is 0 Å². The zero-order valence-electron chi connectivity index (χ0n) is 12.0. The van der Waals surface area contributed by atoms with Crippen LogP contribution in [0.2, 0.25) is 0 Å². The third-order valence-corrected chi connectivity index (χ3v) is 3.49. The summed E-state index contributed by atoms with van der Waals surface area (Å²) < 4.78 is 0. The molecule has 1 aromatic carbocycles. The maximum Gasteiger partial charge on any atom is 0.00468 e. The van der Waals surface area contributed by atoms with Crippen LogP contribution in [-0.4, -0.2) is 12.6 Å². The van der Waals surface area contributed by atoms with Crippen LogP contribution in [0.5, 0.6) is 0 Å². The van der Waals surface area contributed by atoms with E-state index in [2.05, 4.69) is 64.2 Å². The minimum absolute atomic E-state index is 0.243. The van der Waals surface area contributed by atoms with Gasteiger partial charge < -0.3 is 5.32 Å². The first-order valence-corrected chi connectivity index (χ1v) is 6.82. The van der Waals surface area contributed by atoms with E-state index in [0.29, 0.717) is 6.04 Å². The van der Waals surface area contributed by atoms with Crippen molar-refractivity contribution in [3.05, 3.63) is 35.4 Å². The Kier molecular flexibility index (Phi) is 5.20. The topological polar surface area (TPSA) is 12.0 Å². The molecule has 0 aromatic heterocycles. The molecule has 1 nitrogen and oxygen atoms in total. The highest BCUT2D eigenvalue weighted by atomic mass is 14.9. The van der Waals surface area contributed by atoms with Gasteiger partial charge in [0.2, 0.25) is 0 Å². The van der Waals surface area contributed by atoms with Gasteiger partial charge in [0.05, 0.1) is 0 Å². The SMILES string of the molecule is CCNC(C)CC(C)(C)c1cccc(CC)c1. The lowest BCUT2D eigenvalue weighted by Crippen LogP contribution is -2.33. The zero-order chi connectivity index (χ0) is 12.9. The Labute approximate surface area is 107 Å². The molecular weight excluding hydrogens is 206 g/mol. The zero-order valence-corrected chi connectivity index (χ0v) is 12.0. The molecule has 0 aliphatic carbocycles. The van der Waals surface area contributed by atoms with E-state index in [4.69, 9.17) is 0 Å². The van der Waals surface area contributed by atoms with Crippen LogP contribution in [0.1, 0.15) is 52.2 Å². The maximum absolute atomic E-state index is 3.50. The molecule has 1 N–H and O–H groups in total. The van der Waals surface area contributed by atoms with Gasteiger partial charge in [-0.1, -0.05) is 52.0 Å². The molecule has 0 spiro atoms. The lowest BCUT2D eigenvalue weighted by atomic mass is 9.79. The fraction of sp³-hybridized carbons (Fsp3) is 0.625. The Morgan fingerprint density at radius 2 is 1.94 bits per heavy atom. The third kappa shape index (κ3) is 4.16. The van der Waals surface area contributed by atoms with Gasteiger partial charge in [0.25, 0.3) is 0 Å². The fourth-order valence-corrected chi connectivity index (χ4v) is 2.52. The van der Waals surface area contributed by atoms with Gasteiger partial charge in [-0.05, 0) is 42.9 Å². The summed E-state index contributed by atoms with van der Waals surface area (Å²) in [7, 11) is 0. The summed E-state index contributed by atoms with van der Waals surface area (Å²) in [6.45, 7) is 12.4. The van der Waals surface area contributed by atoms with Crippen LogP contribution < -0.4 is 5.32 Å². The van der Waals surface area contributed by atoms with Crippen LogP contribution in [0, 0.1) is 0 Å². The number of aryl methyl sites for hydroxylation is 1. The number of nitrogens with one attached hydrogen (secondary N) is 1. The average molecular weight is 233 g/mol. The minimum Gasteiger partial charge on any atom is -0.315 e. The molecule has 0 radical (unpaired) electrons. The smallest absolute Gasteiger partial charge is 0.00468 e. The summed E-state index contributed by atoms with van der Waals surface area (Å²) in [5, 5.41) is 3.50. The van der Waals surface area contributed by atoms with E-state index in [-0.39, 0.29) is 5.41 Å². The molecule has 17 heavy (non-hydrogen) atoms. The molecule has 0 heterocycles. The molecule has 1 aromatic rings. The second-order valence-electron chi connectivity index (χ2n) is 5.60. The van der Waals surface area contributed by atoms with Crippen LogP contribution in [0.25, 0.3) is 0 Å². The van der Waals surface area contributed by atoms with Crippen LogP contribution in [0.3, 0.4) is 0 Å². The predicted molar refractivity (Wildman–Crippen MR) is 76.6 cm³/mol. The Morgan fingerprint density at radius 1 is 1.24 bits per heavy atom. The molecule has 0 bridgehead atoms. The summed E-state index contributed by atoms with van der Waals surface area (Å²) in [6.07, 6.45) is 2.29. The highest BCUT2D eigenvalue weighted by Crippen LogP contribution is 2.29. The Hall–Kier alpha value is -0.820. The highest BCUT2D eigenvalue weighted by molar-refractivity contribution is 5.29. The van der Waals surface area contributed by atoms with Crippen molar-refractivity contribution < 1.29 is 0 Å². The molecule has 96 valence electrons. The maximum atomic E-state index is 3.50. The van der Waals surface area contributed by atoms with Crippen LogP contribution >= 0.6 is 0 Å². The molecular formula is C16H27N. The van der Waals surface area contributed by atoms with Gasteiger partial charge in [-0.25, -0.2) is 0 Å². The summed E-state index contributed by atoms with van der Waals surface area (Å²) in [5.74, 6) is 0. The molecule has 0 saturated heterocycles. The molecule has 1 heteroatoms. The van der Waals surface area contributed by atoms with Crippen LogP contribution in [0.4, 0.5) is 0 Å². The lowest BCUT2D eigenvalue weighted by molar-refractivity contribution is 0.394. The fourth-order valence-electron chi connectivity index (χ4n) is 2.52. The lowest BCUT2D eigenvalue weighted by Gasteiger charge is -2.29. The van der Waals surface area contributed by atoms with E-state index in [1.54, 1.807) is 0 Å². The van der Waals surface area contributed by atoms with Crippen molar-refractivity contribution in [3.63, 3.8) is 0 Å². The van der Waals surface area contributed by atoms with E-state index in [0.717, 1.165) is 13.0 Å². The van der Waals surface area contributed by atoms with Crippen molar-refractivity contribution in [2.24, 2.45) is 0 Å². The summed E-state index contributed by atoms with van der Waals surface area (Å²) in [5.41, 5.74) is 3.14. The largest absolute Gasteiger partial charge is 0.315 e. The van der Waals surface area contributed by atoms with E-state index < -0.39 is 0 Å². The van der Waals surface area contributed by atoms with Gasteiger partial charge in [0, 0.05) is 6.04 Å². The number of hydrogen-bond donors (Lipinski definition) is 1. The molecule has 0 aliphatic rings. The minimum atomic E-state index is 0.243. The van der Waals surface area contributed by atoms with Gasteiger partial charge in [0.15, 0.2) is 0 Å². The van der Waals surface area contributed by atoms with Crippen molar-refractivity contribution in [2.45, 2.75) is 58.9 Å². The summed E-state index contributed by atoms with van der Waals surface area (Å²) in [4.78, 5) is 0. The summed E-state index contributed by atoms with van der Waals surface area (Å²) >= 11 is 0. The van der Waals surface area contributed by atoms with Crippen molar-refractivity contribution in [1.82, 2.24) is 5.32 Å². The monoisotopic (exact) mass is 233 g/mol. The van der Waals surface area contributed by atoms with Crippen molar-refractivity contribution >= 4 is 0 Å². The molecule has 1 atom stereocenters. The molecule has 1 unspecified atom stereocenters. The van der Waals surface area contributed by atoms with Crippen molar-refractivity contribution in [3.8, 4) is 0 Å². The second kappa shape index (κ2) is 6.20. The van der Waals surface area contributed by atoms with Gasteiger partial charge in [-0.3, -0.25) is 0 Å². The number of benzene rings is 1.